The molecule has 0 unspecified atom stereocenters. The molecule has 0 saturated heterocycles. The second kappa shape index (κ2) is 9.71. The smallest absolute Gasteiger partial charge is 0.262 e. The standard InChI is InChI=1S/C23H25N3O3S/c1-15(2)12-13-26-22(29)19-6-4-5-7-20(19)25-23(26)30-14-21(28)24-18-10-8-17(9-11-18)16(3)27/h4-11,15H,12-14H2,1-3H3,(H,24,28). The molecular weight excluding hydrogens is 398 g/mol. The highest BCUT2D eigenvalue weighted by molar-refractivity contribution is 7.99. The van der Waals surface area contributed by atoms with E-state index in [2.05, 4.69) is 24.1 Å². The van der Waals surface area contributed by atoms with Crippen molar-refractivity contribution < 1.29 is 9.59 Å². The van der Waals surface area contributed by atoms with Crippen molar-refractivity contribution in [1.29, 1.82) is 0 Å². The number of nitrogens with one attached hydrogen (secondary N) is 1. The van der Waals surface area contributed by atoms with E-state index in [1.54, 1.807) is 34.9 Å². The van der Waals surface area contributed by atoms with E-state index in [-0.39, 0.29) is 23.0 Å². The molecular formula is C23H25N3O3S. The van der Waals surface area contributed by atoms with Crippen LogP contribution >= 0.6 is 11.8 Å². The van der Waals surface area contributed by atoms with E-state index in [0.29, 0.717) is 39.8 Å². The number of anilines is 1. The van der Waals surface area contributed by atoms with Gasteiger partial charge in [-0.25, -0.2) is 4.98 Å². The summed E-state index contributed by atoms with van der Waals surface area (Å²) in [6.07, 6.45) is 0.849. The molecule has 3 aromatic rings. The fourth-order valence-electron chi connectivity index (χ4n) is 2.96. The highest BCUT2D eigenvalue weighted by Gasteiger charge is 2.14. The molecule has 1 aromatic heterocycles. The highest BCUT2D eigenvalue weighted by atomic mass is 32.2. The Balaban J connectivity index is 1.76. The van der Waals surface area contributed by atoms with Crippen molar-refractivity contribution in [3.8, 4) is 0 Å². The summed E-state index contributed by atoms with van der Waals surface area (Å²) in [5, 5.41) is 3.94. The summed E-state index contributed by atoms with van der Waals surface area (Å²) in [7, 11) is 0. The fourth-order valence-corrected chi connectivity index (χ4v) is 3.78. The summed E-state index contributed by atoms with van der Waals surface area (Å²) in [6.45, 7) is 6.28. The third kappa shape index (κ3) is 5.36. The lowest BCUT2D eigenvalue weighted by atomic mass is 10.1. The van der Waals surface area contributed by atoms with E-state index in [9.17, 15) is 14.4 Å². The molecule has 1 N–H and O–H groups in total. The number of para-hydroxylation sites is 1. The predicted octanol–water partition coefficient (Wildman–Crippen LogP) is 4.38. The van der Waals surface area contributed by atoms with Gasteiger partial charge in [-0.2, -0.15) is 0 Å². The molecule has 0 aliphatic heterocycles. The maximum atomic E-state index is 13.0. The number of hydrogen-bond acceptors (Lipinski definition) is 5. The fraction of sp³-hybridized carbons (Fsp3) is 0.304. The van der Waals surface area contributed by atoms with Gasteiger partial charge < -0.3 is 5.32 Å². The van der Waals surface area contributed by atoms with Crippen molar-refractivity contribution in [2.24, 2.45) is 5.92 Å². The van der Waals surface area contributed by atoms with Crippen molar-refractivity contribution in [3.63, 3.8) is 0 Å². The second-order valence-electron chi connectivity index (χ2n) is 7.52. The number of amides is 1. The lowest BCUT2D eigenvalue weighted by molar-refractivity contribution is -0.113. The number of thioether (sulfide) groups is 1. The highest BCUT2D eigenvalue weighted by Crippen LogP contribution is 2.19. The van der Waals surface area contributed by atoms with Crippen molar-refractivity contribution in [2.75, 3.05) is 11.1 Å². The number of hydrogen-bond donors (Lipinski definition) is 1. The van der Waals surface area contributed by atoms with E-state index in [0.717, 1.165) is 6.42 Å². The van der Waals surface area contributed by atoms with Crippen molar-refractivity contribution >= 4 is 40.0 Å². The molecule has 0 spiro atoms. The lowest BCUT2D eigenvalue weighted by Gasteiger charge is -2.14. The van der Waals surface area contributed by atoms with Gasteiger partial charge in [0.1, 0.15) is 0 Å². The topological polar surface area (TPSA) is 81.1 Å². The molecule has 0 aliphatic carbocycles. The molecule has 0 aliphatic rings. The molecule has 1 heterocycles. The third-order valence-corrected chi connectivity index (χ3v) is 5.64. The van der Waals surface area contributed by atoms with Gasteiger partial charge in [-0.15, -0.1) is 0 Å². The number of rotatable bonds is 8. The number of aromatic nitrogens is 2. The number of Topliss-reactive ketones (excluding diaryl/α,β-unsaturated/α-hetero) is 1. The Hall–Kier alpha value is -2.93. The second-order valence-corrected chi connectivity index (χ2v) is 8.46. The minimum Gasteiger partial charge on any atom is -0.325 e. The van der Waals surface area contributed by atoms with Crippen LogP contribution < -0.4 is 10.9 Å². The molecule has 0 atom stereocenters. The van der Waals surface area contributed by atoms with Crippen LogP contribution in [0.5, 0.6) is 0 Å². The molecule has 1 amide bonds. The number of carbonyl (C=O) groups is 2. The van der Waals surface area contributed by atoms with Gasteiger partial charge in [-0.3, -0.25) is 19.0 Å². The number of ketones is 1. The minimum absolute atomic E-state index is 0.0230. The largest absolute Gasteiger partial charge is 0.325 e. The normalized spacial score (nSPS) is 11.1. The maximum absolute atomic E-state index is 13.0. The number of nitrogens with zero attached hydrogens (tertiary/aromatic N) is 2. The third-order valence-electron chi connectivity index (χ3n) is 4.66. The first kappa shape index (κ1) is 21.8. The van der Waals surface area contributed by atoms with Crippen molar-refractivity contribution in [3.05, 3.63) is 64.4 Å². The molecule has 0 radical (unpaired) electrons. The Morgan fingerprint density at radius 3 is 2.47 bits per heavy atom. The molecule has 30 heavy (non-hydrogen) atoms. The summed E-state index contributed by atoms with van der Waals surface area (Å²) < 4.78 is 1.67. The summed E-state index contributed by atoms with van der Waals surface area (Å²) in [5.74, 6) is 0.349. The SMILES string of the molecule is CC(=O)c1ccc(NC(=O)CSc2nc3ccccc3c(=O)n2CCC(C)C)cc1. The van der Waals surface area contributed by atoms with Gasteiger partial charge in [0.15, 0.2) is 10.9 Å². The minimum atomic E-state index is -0.201. The monoisotopic (exact) mass is 423 g/mol. The summed E-state index contributed by atoms with van der Waals surface area (Å²) in [5.41, 5.74) is 1.76. The van der Waals surface area contributed by atoms with Crippen molar-refractivity contribution in [2.45, 2.75) is 38.9 Å². The molecule has 0 bridgehead atoms. The average molecular weight is 424 g/mol. The zero-order valence-corrected chi connectivity index (χ0v) is 18.2. The molecule has 0 saturated carbocycles. The van der Waals surface area contributed by atoms with Crippen LogP contribution in [-0.2, 0) is 11.3 Å². The van der Waals surface area contributed by atoms with Crippen LogP contribution in [0.4, 0.5) is 5.69 Å². The van der Waals surface area contributed by atoms with Gasteiger partial charge in [-0.1, -0.05) is 37.7 Å². The van der Waals surface area contributed by atoms with Gasteiger partial charge in [0.25, 0.3) is 5.56 Å². The molecule has 0 fully saturated rings. The molecule has 6 nitrogen and oxygen atoms in total. The molecule has 7 heteroatoms. The Kier molecular flexibility index (Phi) is 7.05. The number of benzene rings is 2. The van der Waals surface area contributed by atoms with E-state index in [1.807, 2.05) is 18.2 Å². The van der Waals surface area contributed by atoms with Crippen LogP contribution in [0.1, 0.15) is 37.6 Å². The zero-order valence-electron chi connectivity index (χ0n) is 17.3. The summed E-state index contributed by atoms with van der Waals surface area (Å²) in [6, 6.07) is 14.0. The number of carbonyl (C=O) groups excluding carboxylic acids is 2. The summed E-state index contributed by atoms with van der Waals surface area (Å²) >= 11 is 1.25. The Morgan fingerprint density at radius 1 is 1.10 bits per heavy atom. The van der Waals surface area contributed by atoms with Crippen LogP contribution in [0.25, 0.3) is 10.9 Å². The molecule has 156 valence electrons. The Bertz CT molecular complexity index is 1120. The van der Waals surface area contributed by atoms with Crippen molar-refractivity contribution in [1.82, 2.24) is 9.55 Å². The lowest BCUT2D eigenvalue weighted by Crippen LogP contribution is -2.25. The predicted molar refractivity (Wildman–Crippen MR) is 121 cm³/mol. The van der Waals surface area contributed by atoms with Crippen LogP contribution in [0.15, 0.2) is 58.5 Å². The van der Waals surface area contributed by atoms with Gasteiger partial charge in [0.05, 0.1) is 16.7 Å². The first-order valence-corrected chi connectivity index (χ1v) is 10.9. The molecule has 3 rings (SSSR count). The Labute approximate surface area is 179 Å². The van der Waals surface area contributed by atoms with Crippen LogP contribution in [0, 0.1) is 5.92 Å². The van der Waals surface area contributed by atoms with Crippen LogP contribution in [0.3, 0.4) is 0 Å². The van der Waals surface area contributed by atoms with Crippen LogP contribution in [-0.4, -0.2) is 27.0 Å². The first-order chi connectivity index (χ1) is 14.3. The average Bonchev–Trinajstić information content (AvgIpc) is 2.72. The van der Waals surface area contributed by atoms with E-state index < -0.39 is 0 Å². The van der Waals surface area contributed by atoms with Gasteiger partial charge in [-0.05, 0) is 55.7 Å². The van der Waals surface area contributed by atoms with Gasteiger partial charge in [0, 0.05) is 17.8 Å². The van der Waals surface area contributed by atoms with Crippen LogP contribution in [0.2, 0.25) is 0 Å². The zero-order chi connectivity index (χ0) is 21.7. The maximum Gasteiger partial charge on any atom is 0.262 e. The van der Waals surface area contributed by atoms with E-state index >= 15 is 0 Å². The Morgan fingerprint density at radius 2 is 1.80 bits per heavy atom. The van der Waals surface area contributed by atoms with Gasteiger partial charge in [0.2, 0.25) is 5.91 Å². The van der Waals surface area contributed by atoms with E-state index in [1.165, 1.54) is 18.7 Å². The number of fused-ring (bicyclic) bond motifs is 1. The van der Waals surface area contributed by atoms with E-state index in [4.69, 9.17) is 0 Å². The quantitative estimate of drug-likeness (QED) is 0.330. The molecule has 2 aromatic carbocycles. The first-order valence-electron chi connectivity index (χ1n) is 9.88. The summed E-state index contributed by atoms with van der Waals surface area (Å²) in [4.78, 5) is 41.4. The van der Waals surface area contributed by atoms with Gasteiger partial charge >= 0.3 is 0 Å².